The van der Waals surface area contributed by atoms with E-state index in [1.165, 1.54) is 21.3 Å². The number of phenols is 1. The van der Waals surface area contributed by atoms with Gasteiger partial charge in [-0.1, -0.05) is 6.07 Å². The fourth-order valence-corrected chi connectivity index (χ4v) is 2.64. The third kappa shape index (κ3) is 4.40. The van der Waals surface area contributed by atoms with Gasteiger partial charge in [0.25, 0.3) is 0 Å². The van der Waals surface area contributed by atoms with E-state index in [0.29, 0.717) is 22.6 Å². The molecule has 0 aliphatic heterocycles. The molecule has 1 N–H and O–H groups in total. The van der Waals surface area contributed by atoms with Gasteiger partial charge in [-0.25, -0.2) is 0 Å². The number of hydrogen-bond donors (Lipinski definition) is 1. The Morgan fingerprint density at radius 1 is 0.923 bits per heavy atom. The molecule has 0 amide bonds. The van der Waals surface area contributed by atoms with E-state index in [-0.39, 0.29) is 30.1 Å². The van der Waals surface area contributed by atoms with Crippen molar-refractivity contribution in [1.82, 2.24) is 0 Å². The van der Waals surface area contributed by atoms with Gasteiger partial charge in [0.15, 0.2) is 11.6 Å². The normalized spacial score (nSPS) is 10.5. The lowest BCUT2D eigenvalue weighted by atomic mass is 9.97. The largest absolute Gasteiger partial charge is 0.507 e. The van der Waals surface area contributed by atoms with Gasteiger partial charge in [0.1, 0.15) is 17.2 Å². The first-order valence-corrected chi connectivity index (χ1v) is 8.00. The Labute approximate surface area is 152 Å². The van der Waals surface area contributed by atoms with Crippen LogP contribution in [0.5, 0.6) is 17.2 Å². The van der Waals surface area contributed by atoms with Gasteiger partial charge in [0.05, 0.1) is 32.8 Å². The molecule has 2 aromatic rings. The molecule has 0 saturated carbocycles. The fraction of sp³-hybridized carbons (Fsp3) is 0.300. The van der Waals surface area contributed by atoms with E-state index in [1.807, 2.05) is 6.92 Å². The molecule has 0 aliphatic carbocycles. The van der Waals surface area contributed by atoms with Gasteiger partial charge in [-0.05, 0) is 30.7 Å². The molecule has 2 rings (SSSR count). The minimum Gasteiger partial charge on any atom is -0.507 e. The van der Waals surface area contributed by atoms with Crippen LogP contribution in [-0.2, 0) is 11.3 Å². The molecule has 26 heavy (non-hydrogen) atoms. The fourth-order valence-electron chi connectivity index (χ4n) is 2.64. The monoisotopic (exact) mass is 358 g/mol. The summed E-state index contributed by atoms with van der Waals surface area (Å²) in [7, 11) is 4.47. The number of phenolic OH excluding ortho intramolecular Hbond substituents is 1. The number of benzene rings is 2. The highest BCUT2D eigenvalue weighted by Gasteiger charge is 2.20. The first kappa shape index (κ1) is 19.5. The van der Waals surface area contributed by atoms with Crippen LogP contribution in [-0.4, -0.2) is 38.0 Å². The molecule has 6 heteroatoms. The third-order valence-electron chi connectivity index (χ3n) is 3.93. The smallest absolute Gasteiger partial charge is 0.174 e. The Bertz CT molecular complexity index is 803. The van der Waals surface area contributed by atoms with Crippen molar-refractivity contribution in [3.8, 4) is 17.2 Å². The molecular formula is C20H22O6. The van der Waals surface area contributed by atoms with Gasteiger partial charge < -0.3 is 19.3 Å². The summed E-state index contributed by atoms with van der Waals surface area (Å²) >= 11 is 0. The second-order valence-corrected chi connectivity index (χ2v) is 5.88. The van der Waals surface area contributed by atoms with Crippen LogP contribution in [0.3, 0.4) is 0 Å². The SMILES string of the molecule is COCc1cc(C)cc(C(=O)CC(=O)c2cc(OC)cc(OC)c2)c1O. The molecule has 6 nitrogen and oxygen atoms in total. The van der Waals surface area contributed by atoms with Crippen LogP contribution in [0.2, 0.25) is 0 Å². The minimum absolute atomic E-state index is 0.111. The number of rotatable bonds is 8. The molecule has 0 radical (unpaired) electrons. The number of hydrogen-bond acceptors (Lipinski definition) is 6. The molecule has 0 spiro atoms. The van der Waals surface area contributed by atoms with Crippen LogP contribution in [0.25, 0.3) is 0 Å². The molecule has 0 aromatic heterocycles. The Hall–Kier alpha value is -2.86. The lowest BCUT2D eigenvalue weighted by molar-refractivity contribution is 0.0892. The van der Waals surface area contributed by atoms with Crippen LogP contribution >= 0.6 is 0 Å². The summed E-state index contributed by atoms with van der Waals surface area (Å²) in [6.07, 6.45) is -0.375. The van der Waals surface area contributed by atoms with Crippen molar-refractivity contribution in [2.45, 2.75) is 20.0 Å². The Morgan fingerprint density at radius 3 is 2.08 bits per heavy atom. The quantitative estimate of drug-likeness (QED) is 0.576. The number of ether oxygens (including phenoxy) is 3. The van der Waals surface area contributed by atoms with Crippen LogP contribution in [0.1, 0.15) is 38.3 Å². The lowest BCUT2D eigenvalue weighted by Gasteiger charge is -2.11. The molecule has 138 valence electrons. The Kier molecular flexibility index (Phi) is 6.36. The molecule has 0 aliphatic rings. The van der Waals surface area contributed by atoms with Crippen LogP contribution in [0.4, 0.5) is 0 Å². The van der Waals surface area contributed by atoms with Crippen molar-refractivity contribution in [2.24, 2.45) is 0 Å². The van der Waals surface area contributed by atoms with Crippen LogP contribution in [0, 0.1) is 6.92 Å². The topological polar surface area (TPSA) is 82.1 Å². The van der Waals surface area contributed by atoms with E-state index in [2.05, 4.69) is 0 Å². The average Bonchev–Trinajstić information content (AvgIpc) is 2.63. The summed E-state index contributed by atoms with van der Waals surface area (Å²) in [6, 6.07) is 8.04. The van der Waals surface area contributed by atoms with Crippen molar-refractivity contribution in [2.75, 3.05) is 21.3 Å². The molecule has 2 aromatic carbocycles. The second kappa shape index (κ2) is 8.49. The highest BCUT2D eigenvalue weighted by atomic mass is 16.5. The van der Waals surface area contributed by atoms with Gasteiger partial charge in [-0.2, -0.15) is 0 Å². The standard InChI is InChI=1S/C20H22O6/c1-12-5-14(11-24-2)20(23)17(6-12)19(22)10-18(21)13-7-15(25-3)9-16(8-13)26-4/h5-9,23H,10-11H2,1-4H3. The zero-order valence-electron chi connectivity index (χ0n) is 15.3. The molecule has 0 heterocycles. The van der Waals surface area contributed by atoms with Crippen molar-refractivity contribution in [3.63, 3.8) is 0 Å². The number of aryl methyl sites for hydroxylation is 1. The predicted octanol–water partition coefficient (Wildman–Crippen LogP) is 3.32. The number of carbonyl (C=O) groups excluding carboxylic acids is 2. The first-order valence-electron chi connectivity index (χ1n) is 8.00. The van der Waals surface area contributed by atoms with Gasteiger partial charge in [-0.15, -0.1) is 0 Å². The van der Waals surface area contributed by atoms with E-state index < -0.39 is 5.78 Å². The van der Waals surface area contributed by atoms with Gasteiger partial charge in [-0.3, -0.25) is 9.59 Å². The third-order valence-corrected chi connectivity index (χ3v) is 3.93. The maximum absolute atomic E-state index is 12.6. The zero-order valence-corrected chi connectivity index (χ0v) is 15.3. The van der Waals surface area contributed by atoms with Crippen molar-refractivity contribution in [3.05, 3.63) is 52.6 Å². The number of ketones is 2. The van der Waals surface area contributed by atoms with E-state index >= 15 is 0 Å². The highest BCUT2D eigenvalue weighted by molar-refractivity contribution is 6.14. The number of carbonyl (C=O) groups is 2. The molecular weight excluding hydrogens is 336 g/mol. The minimum atomic E-state index is -0.463. The summed E-state index contributed by atoms with van der Waals surface area (Å²) in [5, 5.41) is 10.3. The predicted molar refractivity (Wildman–Crippen MR) is 96.4 cm³/mol. The molecule has 0 unspecified atom stereocenters. The molecule has 0 bridgehead atoms. The summed E-state index contributed by atoms with van der Waals surface area (Å²) in [5.41, 5.74) is 1.72. The second-order valence-electron chi connectivity index (χ2n) is 5.88. The van der Waals surface area contributed by atoms with Crippen LogP contribution in [0.15, 0.2) is 30.3 Å². The number of aromatic hydroxyl groups is 1. The van der Waals surface area contributed by atoms with Gasteiger partial charge >= 0.3 is 0 Å². The van der Waals surface area contributed by atoms with E-state index in [4.69, 9.17) is 14.2 Å². The summed E-state index contributed by atoms with van der Waals surface area (Å²) in [6.45, 7) is 1.99. The summed E-state index contributed by atoms with van der Waals surface area (Å²) in [4.78, 5) is 25.1. The average molecular weight is 358 g/mol. The number of methoxy groups -OCH3 is 3. The maximum atomic E-state index is 12.6. The van der Waals surface area contributed by atoms with Crippen molar-refractivity contribution in [1.29, 1.82) is 0 Å². The molecule has 0 saturated heterocycles. The van der Waals surface area contributed by atoms with Crippen molar-refractivity contribution >= 4 is 11.6 Å². The Morgan fingerprint density at radius 2 is 1.54 bits per heavy atom. The van der Waals surface area contributed by atoms with E-state index in [0.717, 1.165) is 5.56 Å². The molecule has 0 atom stereocenters. The van der Waals surface area contributed by atoms with E-state index in [9.17, 15) is 14.7 Å². The van der Waals surface area contributed by atoms with Crippen molar-refractivity contribution < 1.29 is 28.9 Å². The number of Topliss-reactive ketones (excluding diaryl/α,β-unsaturated/α-hetero) is 2. The lowest BCUT2D eigenvalue weighted by Crippen LogP contribution is -2.10. The Balaban J connectivity index is 2.29. The summed E-state index contributed by atoms with van der Waals surface area (Å²) in [5.74, 6) is -0.0860. The van der Waals surface area contributed by atoms with E-state index in [1.54, 1.807) is 30.3 Å². The summed E-state index contributed by atoms with van der Waals surface area (Å²) < 4.78 is 15.3. The van der Waals surface area contributed by atoms with Gasteiger partial charge in [0, 0.05) is 24.3 Å². The van der Waals surface area contributed by atoms with Gasteiger partial charge in [0.2, 0.25) is 0 Å². The zero-order chi connectivity index (χ0) is 19.3. The highest BCUT2D eigenvalue weighted by Crippen LogP contribution is 2.28. The molecule has 0 fully saturated rings. The first-order chi connectivity index (χ1) is 12.4. The van der Waals surface area contributed by atoms with Crippen LogP contribution < -0.4 is 9.47 Å². The maximum Gasteiger partial charge on any atom is 0.174 e.